The monoisotopic (exact) mass is 573 g/mol. The molecule has 2 heterocycles. The predicted octanol–water partition coefficient (Wildman–Crippen LogP) is 4.33. The summed E-state index contributed by atoms with van der Waals surface area (Å²) in [6, 6.07) is 21.8. The summed E-state index contributed by atoms with van der Waals surface area (Å²) >= 11 is 0. The van der Waals surface area contributed by atoms with Crippen molar-refractivity contribution in [2.75, 3.05) is 19.6 Å². The minimum absolute atomic E-state index is 0.0255. The van der Waals surface area contributed by atoms with Gasteiger partial charge in [-0.05, 0) is 91.4 Å². The quantitative estimate of drug-likeness (QED) is 0.436. The van der Waals surface area contributed by atoms with Crippen LogP contribution in [0.25, 0.3) is 11.1 Å². The zero-order chi connectivity index (χ0) is 29.3. The van der Waals surface area contributed by atoms with Gasteiger partial charge in [0.25, 0.3) is 5.91 Å². The molecule has 0 aromatic heterocycles. The van der Waals surface area contributed by atoms with Crippen LogP contribution in [0.3, 0.4) is 0 Å². The van der Waals surface area contributed by atoms with Gasteiger partial charge in [-0.3, -0.25) is 14.5 Å². The fourth-order valence-electron chi connectivity index (χ4n) is 8.47. The van der Waals surface area contributed by atoms with Crippen molar-refractivity contribution < 1.29 is 19.4 Å². The number of hydrogen-bond donors (Lipinski definition) is 2. The van der Waals surface area contributed by atoms with Crippen molar-refractivity contribution in [3.05, 3.63) is 88.5 Å². The molecule has 2 N–H and O–H groups in total. The minimum atomic E-state index is -1.03. The number of ketones is 1. The predicted molar refractivity (Wildman–Crippen MR) is 161 cm³/mol. The molecule has 3 fully saturated rings. The molecule has 7 nitrogen and oxygen atoms in total. The van der Waals surface area contributed by atoms with Crippen LogP contribution in [0.15, 0.2) is 60.7 Å². The molecule has 3 aromatic carbocycles. The Kier molecular flexibility index (Phi) is 6.05. The Bertz CT molecular complexity index is 1670. The molecule has 43 heavy (non-hydrogen) atoms. The summed E-state index contributed by atoms with van der Waals surface area (Å²) < 4.78 is 6.46. The van der Waals surface area contributed by atoms with E-state index in [-0.39, 0.29) is 17.7 Å². The number of hydrogen-bond acceptors (Lipinski definition) is 6. The number of amides is 1. The van der Waals surface area contributed by atoms with Crippen molar-refractivity contribution in [2.45, 2.75) is 68.1 Å². The molecule has 0 radical (unpaired) electrons. The Labute approximate surface area is 251 Å². The van der Waals surface area contributed by atoms with Gasteiger partial charge in [-0.25, -0.2) is 0 Å². The van der Waals surface area contributed by atoms with Gasteiger partial charge < -0.3 is 15.2 Å². The normalized spacial score (nSPS) is 28.5. The first kappa shape index (κ1) is 26.6. The first-order valence-corrected chi connectivity index (χ1v) is 15.6. The average Bonchev–Trinajstić information content (AvgIpc) is 3.77. The molecule has 4 atom stereocenters. The molecule has 1 amide bonds. The third-order valence-corrected chi connectivity index (χ3v) is 10.8. The van der Waals surface area contributed by atoms with Crippen molar-refractivity contribution in [2.24, 2.45) is 5.92 Å². The number of aliphatic hydroxyl groups is 1. The van der Waals surface area contributed by atoms with Crippen LogP contribution in [-0.4, -0.2) is 59.1 Å². The number of likely N-dealkylation sites (tertiary alicyclic amines) is 1. The fourth-order valence-corrected chi connectivity index (χ4v) is 8.47. The highest BCUT2D eigenvalue weighted by atomic mass is 16.5. The van der Waals surface area contributed by atoms with Crippen molar-refractivity contribution in [3.63, 3.8) is 0 Å². The molecule has 1 saturated heterocycles. The molecule has 8 rings (SSSR count). The summed E-state index contributed by atoms with van der Waals surface area (Å²) in [6.07, 6.45) is 4.63. The molecular weight excluding hydrogens is 538 g/mol. The maximum atomic E-state index is 13.5. The summed E-state index contributed by atoms with van der Waals surface area (Å²) in [4.78, 5) is 29.3. The summed E-state index contributed by atoms with van der Waals surface area (Å²) in [7, 11) is 0. The molecule has 3 aliphatic carbocycles. The van der Waals surface area contributed by atoms with Gasteiger partial charge in [-0.15, -0.1) is 0 Å². The van der Waals surface area contributed by atoms with E-state index < -0.39 is 17.1 Å². The van der Waals surface area contributed by atoms with Gasteiger partial charge in [0.05, 0.1) is 28.2 Å². The van der Waals surface area contributed by atoms with Gasteiger partial charge in [0.1, 0.15) is 5.75 Å². The Morgan fingerprint density at radius 1 is 1.05 bits per heavy atom. The van der Waals surface area contributed by atoms with Gasteiger partial charge >= 0.3 is 0 Å². The first-order chi connectivity index (χ1) is 20.9. The van der Waals surface area contributed by atoms with Crippen molar-refractivity contribution in [3.8, 4) is 22.9 Å². The van der Waals surface area contributed by atoms with Crippen LogP contribution in [0.2, 0.25) is 0 Å². The molecule has 2 aliphatic heterocycles. The zero-order valence-corrected chi connectivity index (χ0v) is 24.1. The lowest BCUT2D eigenvalue weighted by Crippen LogP contribution is -2.76. The number of ether oxygens (including phenoxy) is 1. The molecule has 3 aromatic rings. The van der Waals surface area contributed by atoms with Gasteiger partial charge in [0.15, 0.2) is 11.9 Å². The van der Waals surface area contributed by atoms with Gasteiger partial charge in [-0.2, -0.15) is 5.26 Å². The smallest absolute Gasteiger partial charge is 0.255 e. The van der Waals surface area contributed by atoms with E-state index in [1.54, 1.807) is 0 Å². The second-order valence-corrected chi connectivity index (χ2v) is 13.1. The van der Waals surface area contributed by atoms with Crippen LogP contribution in [0.5, 0.6) is 5.75 Å². The number of benzene rings is 3. The van der Waals surface area contributed by atoms with Crippen LogP contribution in [0, 0.1) is 17.2 Å². The van der Waals surface area contributed by atoms with E-state index in [0.29, 0.717) is 49.1 Å². The highest BCUT2D eigenvalue weighted by Crippen LogP contribution is 2.64. The molecule has 5 aliphatic rings. The van der Waals surface area contributed by atoms with Crippen LogP contribution in [0.4, 0.5) is 0 Å². The van der Waals surface area contributed by atoms with Crippen LogP contribution < -0.4 is 10.1 Å². The maximum Gasteiger partial charge on any atom is 0.255 e. The van der Waals surface area contributed by atoms with E-state index in [2.05, 4.69) is 40.6 Å². The molecule has 1 unspecified atom stereocenters. The first-order valence-electron chi connectivity index (χ1n) is 15.6. The summed E-state index contributed by atoms with van der Waals surface area (Å²) in [5, 5.41) is 24.6. The van der Waals surface area contributed by atoms with Crippen molar-refractivity contribution in [1.29, 1.82) is 5.26 Å². The van der Waals surface area contributed by atoms with E-state index >= 15 is 0 Å². The third-order valence-electron chi connectivity index (χ3n) is 10.8. The van der Waals surface area contributed by atoms with E-state index in [1.165, 1.54) is 12.8 Å². The zero-order valence-electron chi connectivity index (χ0n) is 24.1. The largest absolute Gasteiger partial charge is 0.480 e. The summed E-state index contributed by atoms with van der Waals surface area (Å²) in [5.41, 5.74) is 4.54. The topological polar surface area (TPSA) is 103 Å². The van der Waals surface area contributed by atoms with E-state index in [1.807, 2.05) is 36.4 Å². The number of nitrogens with one attached hydrogen (secondary N) is 1. The second kappa shape index (κ2) is 9.77. The molecule has 2 saturated carbocycles. The number of piperidine rings is 1. The Morgan fingerprint density at radius 2 is 1.79 bits per heavy atom. The lowest BCUT2D eigenvalue weighted by Gasteiger charge is -2.62. The minimum Gasteiger partial charge on any atom is -0.480 e. The Hall–Kier alpha value is -3.99. The number of nitriles is 1. The van der Waals surface area contributed by atoms with Gasteiger partial charge in [0, 0.05) is 31.1 Å². The number of Topliss-reactive ketones (excluding diaryl/α,β-unsaturated/α-hetero) is 1. The Morgan fingerprint density at radius 3 is 2.51 bits per heavy atom. The fraction of sp³-hybridized carbons (Fsp3) is 0.417. The summed E-state index contributed by atoms with van der Waals surface area (Å²) in [6.45, 7) is 2.32. The number of carbonyl (C=O) groups excluding carboxylic acids is 2. The number of carbonyl (C=O) groups is 2. The van der Waals surface area contributed by atoms with E-state index in [4.69, 9.17) is 10.00 Å². The lowest BCUT2D eigenvalue weighted by atomic mass is 9.49. The highest BCUT2D eigenvalue weighted by molar-refractivity contribution is 5.99. The molecule has 7 heteroatoms. The van der Waals surface area contributed by atoms with Crippen molar-refractivity contribution >= 4 is 11.7 Å². The summed E-state index contributed by atoms with van der Waals surface area (Å²) in [5.74, 6) is 1.06. The second-order valence-electron chi connectivity index (χ2n) is 13.1. The Balaban J connectivity index is 1.02. The van der Waals surface area contributed by atoms with Gasteiger partial charge in [-0.1, -0.05) is 42.5 Å². The molecule has 2 bridgehead atoms. The standard InChI is InChI=1S/C36H35N3O4/c37-20-23-5-9-26(10-6-23)25-7-3-22(4-8-25)14-17-38-34(41)28-12-11-27-19-30-36(42)15-13-29(40)33-35(36,31(27)32(28)43-33)16-18-39(30)21-24-1-2-24/h3-12,24,30,33,42H,1-2,13-19,21H2,(H,38,41)/t30?,33-,35-,36+/m0/s1. The van der Waals surface area contributed by atoms with Crippen LogP contribution in [-0.2, 0) is 23.1 Å². The average molecular weight is 574 g/mol. The SMILES string of the molecule is N#Cc1ccc(-c2ccc(CCNC(=O)c3ccc4c5c3O[C@H]3C(=O)CC[C@@]6(O)C(C4)N(CC4CC4)CC[C@]536)cc2)cc1. The maximum absolute atomic E-state index is 13.5. The van der Waals surface area contributed by atoms with Crippen LogP contribution >= 0.6 is 0 Å². The van der Waals surface area contributed by atoms with Gasteiger partial charge in [0.2, 0.25) is 0 Å². The molecular formula is C36H35N3O4. The van der Waals surface area contributed by atoms with Crippen molar-refractivity contribution in [1.82, 2.24) is 10.2 Å². The number of nitrogens with zero attached hydrogens (tertiary/aromatic N) is 2. The van der Waals surface area contributed by atoms with E-state index in [0.717, 1.165) is 53.2 Å². The number of rotatable bonds is 7. The highest BCUT2D eigenvalue weighted by Gasteiger charge is 2.73. The third kappa shape index (κ3) is 4.00. The lowest BCUT2D eigenvalue weighted by molar-refractivity contribution is -0.188. The van der Waals surface area contributed by atoms with E-state index in [9.17, 15) is 14.7 Å². The molecule has 1 spiro atoms. The molecule has 218 valence electrons. The van der Waals surface area contributed by atoms with Crippen LogP contribution in [0.1, 0.15) is 64.7 Å².